The zero-order chi connectivity index (χ0) is 42.1. The van der Waals surface area contributed by atoms with Crippen molar-refractivity contribution in [1.82, 2.24) is 10.0 Å². The highest BCUT2D eigenvalue weighted by Gasteiger charge is 2.38. The molecule has 6 aromatic carbocycles. The van der Waals surface area contributed by atoms with E-state index in [4.69, 9.17) is 14.2 Å². The largest absolute Gasteiger partial charge is 0.496 e. The molecule has 7 rings (SSSR count). The van der Waals surface area contributed by atoms with Crippen LogP contribution in [0.5, 0.6) is 5.75 Å². The first-order valence-electron chi connectivity index (χ1n) is 20.0. The maximum atomic E-state index is 13.8. The normalized spacial score (nSPS) is 18.4. The molecule has 1 fully saturated rings. The topological polar surface area (TPSA) is 123 Å². The third-order valence-corrected chi connectivity index (χ3v) is 13.4. The van der Waals surface area contributed by atoms with E-state index in [0.717, 1.165) is 55.2 Å². The van der Waals surface area contributed by atoms with Crippen molar-refractivity contribution in [2.45, 2.75) is 67.8 Å². The molecule has 0 aromatic heterocycles. The molecule has 5 unspecified atom stereocenters. The van der Waals surface area contributed by atoms with Gasteiger partial charge in [0.2, 0.25) is 15.9 Å². The lowest BCUT2D eigenvalue weighted by Gasteiger charge is -2.41. The summed E-state index contributed by atoms with van der Waals surface area (Å²) in [6, 6.07) is 46.6. The quantitative estimate of drug-likeness (QED) is 0.0826. The number of hydrogen-bond donors (Lipinski definition) is 3. The first kappa shape index (κ1) is 42.8. The second kappa shape index (κ2) is 19.9. The molecular weight excluding hydrogens is 793 g/mol. The van der Waals surface area contributed by atoms with Gasteiger partial charge in [-0.25, -0.2) is 8.42 Å². The highest BCUT2D eigenvalue weighted by atomic mass is 32.2. The van der Waals surface area contributed by atoms with Crippen LogP contribution in [0.4, 0.5) is 0 Å². The number of methoxy groups -OCH3 is 1. The molecule has 310 valence electrons. The molecule has 1 saturated heterocycles. The molecule has 0 saturated carbocycles. The second-order valence-electron chi connectivity index (χ2n) is 15.0. The van der Waals surface area contributed by atoms with Crippen LogP contribution >= 0.6 is 11.8 Å². The van der Waals surface area contributed by atoms with Crippen molar-refractivity contribution in [1.29, 1.82) is 0 Å². The summed E-state index contributed by atoms with van der Waals surface area (Å²) in [5, 5.41) is 12.7. The van der Waals surface area contributed by atoms with Crippen LogP contribution in [0, 0.1) is 12.8 Å². The molecule has 9 nitrogen and oxygen atoms in total. The van der Waals surface area contributed by atoms with E-state index in [1.54, 1.807) is 43.1 Å². The molecule has 1 aliphatic heterocycles. The van der Waals surface area contributed by atoms with Crippen LogP contribution in [0.3, 0.4) is 0 Å². The maximum absolute atomic E-state index is 13.8. The minimum Gasteiger partial charge on any atom is -0.496 e. The number of ether oxygens (including phenoxy) is 3. The van der Waals surface area contributed by atoms with Gasteiger partial charge in [0.25, 0.3) is 0 Å². The third-order valence-electron chi connectivity index (χ3n) is 10.8. The summed E-state index contributed by atoms with van der Waals surface area (Å²) >= 11 is 1.69. The lowest BCUT2D eigenvalue weighted by molar-refractivity contribution is -0.268. The number of benzene rings is 6. The van der Waals surface area contributed by atoms with Gasteiger partial charge in [-0.15, -0.1) is 11.8 Å². The standard InChI is InChI=1S/C49H50N2O7S2/c1-33-17-27-41(28-18-33)60(54,55)51-43(29-35-11-5-4-6-12-35)48(53)50-30-40-13-7-8-14-42(40)37-23-25-39(26-24-37)49-57-45(32-59-46-16-10-9-15-44(46)56-3)34(2)47(58-49)38-21-19-36(31-52)20-22-38/h4-28,34,43,45,47,49,51-52H,29-32H2,1-3H3,(H,50,53). The van der Waals surface area contributed by atoms with E-state index in [1.807, 2.05) is 128 Å². The number of aliphatic hydroxyl groups is 1. The fourth-order valence-corrected chi connectivity index (χ4v) is 9.70. The Morgan fingerprint density at radius 3 is 2.17 bits per heavy atom. The van der Waals surface area contributed by atoms with Crippen LogP contribution < -0.4 is 14.8 Å². The minimum atomic E-state index is -3.98. The lowest BCUT2D eigenvalue weighted by Crippen LogP contribution is -2.47. The van der Waals surface area contributed by atoms with Crippen LogP contribution in [-0.4, -0.2) is 44.4 Å². The lowest BCUT2D eigenvalue weighted by atomic mass is 9.91. The van der Waals surface area contributed by atoms with Crippen molar-refractivity contribution >= 4 is 27.7 Å². The van der Waals surface area contributed by atoms with Crippen molar-refractivity contribution in [2.75, 3.05) is 12.9 Å². The van der Waals surface area contributed by atoms with E-state index in [2.05, 4.69) is 23.0 Å². The summed E-state index contributed by atoms with van der Waals surface area (Å²) in [5.74, 6) is 1.10. The van der Waals surface area contributed by atoms with Crippen LogP contribution in [-0.2, 0) is 43.9 Å². The number of nitrogens with one attached hydrogen (secondary N) is 2. The van der Waals surface area contributed by atoms with E-state index >= 15 is 0 Å². The number of aryl methyl sites for hydroxylation is 1. The molecule has 0 bridgehead atoms. The Hall–Kier alpha value is -5.27. The van der Waals surface area contributed by atoms with E-state index in [-0.39, 0.29) is 42.6 Å². The molecule has 3 N–H and O–H groups in total. The highest BCUT2D eigenvalue weighted by molar-refractivity contribution is 7.99. The number of hydrogen-bond acceptors (Lipinski definition) is 8. The number of aliphatic hydroxyl groups excluding tert-OH is 1. The van der Waals surface area contributed by atoms with Gasteiger partial charge in [0, 0.05) is 28.7 Å². The maximum Gasteiger partial charge on any atom is 0.241 e. The summed E-state index contributed by atoms with van der Waals surface area (Å²) in [4.78, 5) is 15.0. The van der Waals surface area contributed by atoms with Gasteiger partial charge in [-0.05, 0) is 71.0 Å². The SMILES string of the molecule is COc1ccccc1SCC1OC(c2ccc(-c3ccccc3CNC(=O)C(Cc3ccccc3)NS(=O)(=O)c3ccc(C)cc3)cc2)OC(c2ccc(CO)cc2)C1C. The van der Waals surface area contributed by atoms with Gasteiger partial charge < -0.3 is 24.6 Å². The number of amides is 1. The van der Waals surface area contributed by atoms with Gasteiger partial charge in [0.1, 0.15) is 11.8 Å². The van der Waals surface area contributed by atoms with E-state index in [1.165, 1.54) is 0 Å². The summed E-state index contributed by atoms with van der Waals surface area (Å²) in [5.41, 5.74) is 7.22. The predicted octanol–water partition coefficient (Wildman–Crippen LogP) is 8.95. The zero-order valence-corrected chi connectivity index (χ0v) is 35.5. The smallest absolute Gasteiger partial charge is 0.241 e. The van der Waals surface area contributed by atoms with Crippen molar-refractivity contribution in [3.63, 3.8) is 0 Å². The highest BCUT2D eigenvalue weighted by Crippen LogP contribution is 2.44. The van der Waals surface area contributed by atoms with Gasteiger partial charge in [0.15, 0.2) is 6.29 Å². The van der Waals surface area contributed by atoms with E-state index in [9.17, 15) is 18.3 Å². The molecular formula is C49H50N2O7S2. The summed E-state index contributed by atoms with van der Waals surface area (Å²) < 4.78 is 48.6. The van der Waals surface area contributed by atoms with Gasteiger partial charge >= 0.3 is 0 Å². The van der Waals surface area contributed by atoms with E-state index in [0.29, 0.717) is 5.75 Å². The Labute approximate surface area is 357 Å². The molecule has 1 amide bonds. The number of sulfonamides is 1. The molecule has 11 heteroatoms. The minimum absolute atomic E-state index is 0.0231. The van der Waals surface area contributed by atoms with Gasteiger partial charge in [0.05, 0.1) is 30.8 Å². The van der Waals surface area contributed by atoms with Gasteiger partial charge in [-0.1, -0.05) is 140 Å². The predicted molar refractivity (Wildman–Crippen MR) is 236 cm³/mol. The number of carbonyl (C=O) groups is 1. The van der Waals surface area contributed by atoms with Gasteiger partial charge in [-0.3, -0.25) is 4.79 Å². The first-order chi connectivity index (χ1) is 29.1. The van der Waals surface area contributed by atoms with Crippen LogP contribution in [0.1, 0.15) is 52.7 Å². The number of rotatable bonds is 16. The molecule has 60 heavy (non-hydrogen) atoms. The Kier molecular flexibility index (Phi) is 14.2. The van der Waals surface area contributed by atoms with Crippen molar-refractivity contribution in [2.24, 2.45) is 5.92 Å². The Balaban J connectivity index is 1.08. The average Bonchev–Trinajstić information content (AvgIpc) is 3.28. The van der Waals surface area contributed by atoms with Crippen LogP contribution in [0.15, 0.2) is 161 Å². The Bertz CT molecular complexity index is 2450. The van der Waals surface area contributed by atoms with Crippen molar-refractivity contribution in [3.8, 4) is 16.9 Å². The summed E-state index contributed by atoms with van der Waals surface area (Å²) in [6.07, 6.45) is -0.867. The fraction of sp³-hybridized carbons (Fsp3) is 0.245. The van der Waals surface area contributed by atoms with Crippen molar-refractivity contribution in [3.05, 3.63) is 185 Å². The van der Waals surface area contributed by atoms with Gasteiger partial charge in [-0.2, -0.15) is 4.72 Å². The average molecular weight is 843 g/mol. The Morgan fingerprint density at radius 2 is 1.45 bits per heavy atom. The molecule has 0 radical (unpaired) electrons. The third kappa shape index (κ3) is 10.5. The van der Waals surface area contributed by atoms with E-state index < -0.39 is 28.3 Å². The van der Waals surface area contributed by atoms with Crippen LogP contribution in [0.2, 0.25) is 0 Å². The Morgan fingerprint density at radius 1 is 0.783 bits per heavy atom. The number of para-hydroxylation sites is 1. The second-order valence-corrected chi connectivity index (χ2v) is 17.7. The van der Waals surface area contributed by atoms with Crippen molar-refractivity contribution < 1.29 is 32.5 Å². The summed E-state index contributed by atoms with van der Waals surface area (Å²) in [6.45, 7) is 4.19. The zero-order valence-electron chi connectivity index (χ0n) is 33.9. The molecule has 0 aliphatic carbocycles. The number of thioether (sulfide) groups is 1. The monoisotopic (exact) mass is 842 g/mol. The summed E-state index contributed by atoms with van der Waals surface area (Å²) in [7, 11) is -2.31. The molecule has 6 aromatic rings. The molecule has 1 aliphatic rings. The molecule has 5 atom stereocenters. The number of carbonyl (C=O) groups excluding carboxylic acids is 1. The first-order valence-corrected chi connectivity index (χ1v) is 22.4. The molecule has 0 spiro atoms. The fourth-order valence-electron chi connectivity index (χ4n) is 7.31. The van der Waals surface area contributed by atoms with Crippen LogP contribution in [0.25, 0.3) is 11.1 Å². The molecule has 1 heterocycles.